The number of hydrogen-bond acceptors (Lipinski definition) is 6. The van der Waals surface area contributed by atoms with Gasteiger partial charge in [-0.15, -0.1) is 10.2 Å². The van der Waals surface area contributed by atoms with Crippen molar-refractivity contribution < 1.29 is 9.15 Å². The van der Waals surface area contributed by atoms with Crippen molar-refractivity contribution in [3.8, 4) is 0 Å². The van der Waals surface area contributed by atoms with Gasteiger partial charge < -0.3 is 9.15 Å². The first-order chi connectivity index (χ1) is 11.7. The lowest BCUT2D eigenvalue weighted by atomic mass is 10.1. The van der Waals surface area contributed by atoms with E-state index >= 15 is 0 Å². The molecule has 1 fully saturated rings. The maximum Gasteiger partial charge on any atom is 0.246 e. The standard InChI is InChI=1S/C17H17ClN4O2/c1-11-20-21-17(24-11)15-10-22(5-6-23-15)9-13-8-14(18)7-12-3-2-4-19-16(12)13/h2-4,7-8,15H,5-6,9-10H2,1H3. The molecule has 124 valence electrons. The number of rotatable bonds is 3. The molecule has 2 aromatic heterocycles. The SMILES string of the molecule is Cc1nnc(C2CN(Cc3cc(Cl)cc4cccnc34)CCO2)o1. The van der Waals surface area contributed by atoms with Gasteiger partial charge in [-0.1, -0.05) is 17.7 Å². The predicted octanol–water partition coefficient (Wildman–Crippen LogP) is 3.15. The second-order valence-electron chi connectivity index (χ2n) is 5.89. The first kappa shape index (κ1) is 15.5. The van der Waals surface area contributed by atoms with Crippen LogP contribution in [0.15, 0.2) is 34.9 Å². The number of nitrogens with zero attached hydrogens (tertiary/aromatic N) is 4. The predicted molar refractivity (Wildman–Crippen MR) is 89.8 cm³/mol. The van der Waals surface area contributed by atoms with Crippen molar-refractivity contribution >= 4 is 22.5 Å². The molecule has 0 bridgehead atoms. The van der Waals surface area contributed by atoms with Crippen molar-refractivity contribution in [3.05, 3.63) is 52.8 Å². The second-order valence-corrected chi connectivity index (χ2v) is 6.33. The van der Waals surface area contributed by atoms with Crippen LogP contribution >= 0.6 is 11.6 Å². The van der Waals surface area contributed by atoms with Crippen molar-refractivity contribution in [2.24, 2.45) is 0 Å². The van der Waals surface area contributed by atoms with Crippen molar-refractivity contribution in [3.63, 3.8) is 0 Å². The van der Waals surface area contributed by atoms with Crippen LogP contribution in [0, 0.1) is 6.92 Å². The summed E-state index contributed by atoms with van der Waals surface area (Å²) < 4.78 is 11.3. The Balaban J connectivity index is 1.57. The Bertz CT molecular complexity index is 867. The van der Waals surface area contributed by atoms with Crippen LogP contribution < -0.4 is 0 Å². The molecule has 1 aliphatic heterocycles. The first-order valence-electron chi connectivity index (χ1n) is 7.86. The molecule has 1 saturated heterocycles. The minimum Gasteiger partial charge on any atom is -0.423 e. The van der Waals surface area contributed by atoms with E-state index in [-0.39, 0.29) is 6.10 Å². The number of halogens is 1. The van der Waals surface area contributed by atoms with E-state index in [2.05, 4.69) is 20.1 Å². The summed E-state index contributed by atoms with van der Waals surface area (Å²) in [6.45, 7) is 4.69. The molecule has 1 aliphatic rings. The number of pyridine rings is 1. The third kappa shape index (κ3) is 3.13. The molecule has 3 aromatic rings. The third-order valence-electron chi connectivity index (χ3n) is 4.11. The Morgan fingerprint density at radius 2 is 2.25 bits per heavy atom. The molecule has 3 heterocycles. The maximum atomic E-state index is 6.26. The second kappa shape index (κ2) is 6.47. The molecule has 0 radical (unpaired) electrons. The summed E-state index contributed by atoms with van der Waals surface area (Å²) >= 11 is 6.26. The number of hydrogen-bond donors (Lipinski definition) is 0. The maximum absolute atomic E-state index is 6.26. The molecule has 4 rings (SSSR count). The largest absolute Gasteiger partial charge is 0.423 e. The van der Waals surface area contributed by atoms with Crippen LogP contribution in [0.1, 0.15) is 23.4 Å². The highest BCUT2D eigenvalue weighted by Crippen LogP contribution is 2.26. The van der Waals surface area contributed by atoms with Gasteiger partial charge in [-0.25, -0.2) is 0 Å². The fourth-order valence-corrected chi connectivity index (χ4v) is 3.28. The van der Waals surface area contributed by atoms with E-state index in [9.17, 15) is 0 Å². The number of aryl methyl sites for hydroxylation is 1. The summed E-state index contributed by atoms with van der Waals surface area (Å²) in [4.78, 5) is 6.81. The molecule has 0 spiro atoms. The van der Waals surface area contributed by atoms with Gasteiger partial charge in [-0.2, -0.15) is 0 Å². The van der Waals surface area contributed by atoms with Crippen molar-refractivity contribution in [1.82, 2.24) is 20.1 Å². The van der Waals surface area contributed by atoms with Crippen LogP contribution in [0.4, 0.5) is 0 Å². The van der Waals surface area contributed by atoms with Gasteiger partial charge in [-0.3, -0.25) is 9.88 Å². The quantitative estimate of drug-likeness (QED) is 0.727. The molecule has 6 nitrogen and oxygen atoms in total. The van der Waals surface area contributed by atoms with Gasteiger partial charge in [0.1, 0.15) is 6.10 Å². The summed E-state index contributed by atoms with van der Waals surface area (Å²) in [5.41, 5.74) is 2.10. The van der Waals surface area contributed by atoms with Crippen LogP contribution in [0.5, 0.6) is 0 Å². The molecule has 1 aromatic carbocycles. The fraction of sp³-hybridized carbons (Fsp3) is 0.353. The summed E-state index contributed by atoms with van der Waals surface area (Å²) in [6, 6.07) is 7.88. The molecule has 1 atom stereocenters. The molecular weight excluding hydrogens is 328 g/mol. The summed E-state index contributed by atoms with van der Waals surface area (Å²) in [5, 5.41) is 9.73. The molecule has 7 heteroatoms. The third-order valence-corrected chi connectivity index (χ3v) is 4.33. The molecule has 0 N–H and O–H groups in total. The molecule has 0 saturated carbocycles. The Kier molecular flexibility index (Phi) is 4.18. The highest BCUT2D eigenvalue weighted by Gasteiger charge is 2.26. The summed E-state index contributed by atoms with van der Waals surface area (Å²) in [6.07, 6.45) is 1.61. The lowest BCUT2D eigenvalue weighted by molar-refractivity contribution is -0.0456. The lowest BCUT2D eigenvalue weighted by Gasteiger charge is -2.31. The van der Waals surface area contributed by atoms with Gasteiger partial charge in [0.15, 0.2) is 0 Å². The molecular formula is C17H17ClN4O2. The zero-order valence-electron chi connectivity index (χ0n) is 13.3. The van der Waals surface area contributed by atoms with Gasteiger partial charge in [0, 0.05) is 43.2 Å². The average Bonchev–Trinajstić information content (AvgIpc) is 3.01. The Morgan fingerprint density at radius 1 is 1.33 bits per heavy atom. The van der Waals surface area contributed by atoms with Crippen LogP contribution in [-0.4, -0.2) is 39.8 Å². The zero-order chi connectivity index (χ0) is 16.5. The summed E-state index contributed by atoms with van der Waals surface area (Å²) in [7, 11) is 0. The molecule has 1 unspecified atom stereocenters. The monoisotopic (exact) mass is 344 g/mol. The van der Waals surface area contributed by atoms with Gasteiger partial charge in [0.25, 0.3) is 0 Å². The van der Waals surface area contributed by atoms with Crippen molar-refractivity contribution in [2.45, 2.75) is 19.6 Å². The lowest BCUT2D eigenvalue weighted by Crippen LogP contribution is -2.38. The molecule has 24 heavy (non-hydrogen) atoms. The van der Waals surface area contributed by atoms with E-state index in [0.717, 1.165) is 34.6 Å². The Hall–Kier alpha value is -2.02. The van der Waals surface area contributed by atoms with Crippen LogP contribution in [0.2, 0.25) is 5.02 Å². The topological polar surface area (TPSA) is 64.3 Å². The molecule has 0 aliphatic carbocycles. The van der Waals surface area contributed by atoms with Crippen molar-refractivity contribution in [1.29, 1.82) is 0 Å². The normalized spacial score (nSPS) is 19.0. The molecule has 0 amide bonds. The van der Waals surface area contributed by atoms with Gasteiger partial charge in [0.2, 0.25) is 11.8 Å². The minimum absolute atomic E-state index is 0.196. The van der Waals surface area contributed by atoms with E-state index in [0.29, 0.717) is 24.9 Å². The van der Waals surface area contributed by atoms with Crippen LogP contribution in [0.3, 0.4) is 0 Å². The van der Waals surface area contributed by atoms with Gasteiger partial charge >= 0.3 is 0 Å². The number of morpholine rings is 1. The average molecular weight is 345 g/mol. The number of aromatic nitrogens is 3. The Morgan fingerprint density at radius 3 is 3.08 bits per heavy atom. The van der Waals surface area contributed by atoms with Crippen LogP contribution in [-0.2, 0) is 11.3 Å². The van der Waals surface area contributed by atoms with Crippen LogP contribution in [0.25, 0.3) is 10.9 Å². The highest BCUT2D eigenvalue weighted by atomic mass is 35.5. The zero-order valence-corrected chi connectivity index (χ0v) is 14.0. The fourth-order valence-electron chi connectivity index (χ4n) is 3.03. The highest BCUT2D eigenvalue weighted by molar-refractivity contribution is 6.31. The smallest absolute Gasteiger partial charge is 0.246 e. The van der Waals surface area contributed by atoms with E-state index in [1.807, 2.05) is 30.5 Å². The van der Waals surface area contributed by atoms with Crippen molar-refractivity contribution in [2.75, 3.05) is 19.7 Å². The number of benzene rings is 1. The Labute approximate surface area is 144 Å². The summed E-state index contributed by atoms with van der Waals surface area (Å²) in [5.74, 6) is 1.09. The number of fused-ring (bicyclic) bond motifs is 1. The van der Waals surface area contributed by atoms with E-state index < -0.39 is 0 Å². The van der Waals surface area contributed by atoms with E-state index in [1.165, 1.54) is 0 Å². The first-order valence-corrected chi connectivity index (χ1v) is 8.24. The van der Waals surface area contributed by atoms with E-state index in [1.54, 1.807) is 6.92 Å². The van der Waals surface area contributed by atoms with Gasteiger partial charge in [0.05, 0.1) is 12.1 Å². The number of ether oxygens (including phenoxy) is 1. The van der Waals surface area contributed by atoms with E-state index in [4.69, 9.17) is 20.8 Å². The van der Waals surface area contributed by atoms with Gasteiger partial charge in [-0.05, 0) is 23.8 Å². The minimum atomic E-state index is -0.196.